The number of likely N-dealkylation sites (tertiary alicyclic amines) is 1. The summed E-state index contributed by atoms with van der Waals surface area (Å²) in [5, 5.41) is 2.80. The third-order valence-electron chi connectivity index (χ3n) is 6.13. The number of amides is 1. The number of carbonyl (C=O) groups is 1. The summed E-state index contributed by atoms with van der Waals surface area (Å²) in [5.74, 6) is 0.176. The number of nitrogens with one attached hydrogen (secondary N) is 1. The van der Waals surface area contributed by atoms with Gasteiger partial charge in [0.05, 0.1) is 17.8 Å². The molecule has 7 heteroatoms. The standard InChI is InChI=1S/C22H22F2N4O/c23-16-3-1-14(2-4-16)15-5-8-27(9-6-15)13-20-25-12-17-18(24)11-21(29)26-19-7-10-28(20)22(17)19/h1-4,11-12,15H,5-10,13H2,(H,26,29). The second-order valence-corrected chi connectivity index (χ2v) is 7.90. The van der Waals surface area contributed by atoms with Crippen molar-refractivity contribution in [2.75, 3.05) is 26.2 Å². The fourth-order valence-electron chi connectivity index (χ4n) is 4.61. The van der Waals surface area contributed by atoms with E-state index in [1.165, 1.54) is 17.7 Å². The highest BCUT2D eigenvalue weighted by Gasteiger charge is 2.36. The van der Waals surface area contributed by atoms with Gasteiger partial charge < -0.3 is 10.2 Å². The molecule has 4 aliphatic heterocycles. The Morgan fingerprint density at radius 2 is 1.86 bits per heavy atom. The summed E-state index contributed by atoms with van der Waals surface area (Å²) in [6.45, 7) is 3.25. The summed E-state index contributed by atoms with van der Waals surface area (Å²) >= 11 is 0. The molecule has 1 fully saturated rings. The summed E-state index contributed by atoms with van der Waals surface area (Å²) in [4.78, 5) is 20.7. The van der Waals surface area contributed by atoms with Crippen LogP contribution in [0, 0.1) is 5.82 Å². The number of halogens is 2. The van der Waals surface area contributed by atoms with Crippen molar-refractivity contribution in [2.24, 2.45) is 4.99 Å². The summed E-state index contributed by atoms with van der Waals surface area (Å²) in [5.41, 5.74) is 3.09. The second-order valence-electron chi connectivity index (χ2n) is 7.90. The molecule has 0 aromatic heterocycles. The Kier molecular flexibility index (Phi) is 4.54. The molecule has 0 saturated carbocycles. The molecule has 0 aliphatic carbocycles. The van der Waals surface area contributed by atoms with Gasteiger partial charge in [0.1, 0.15) is 17.5 Å². The first-order valence-electron chi connectivity index (χ1n) is 10.0. The van der Waals surface area contributed by atoms with E-state index in [0.717, 1.165) is 49.2 Å². The van der Waals surface area contributed by atoms with Crippen LogP contribution in [-0.4, -0.2) is 47.7 Å². The number of hydrogen-bond acceptors (Lipinski definition) is 4. The maximum Gasteiger partial charge on any atom is 0.251 e. The van der Waals surface area contributed by atoms with Crippen LogP contribution in [-0.2, 0) is 4.79 Å². The van der Waals surface area contributed by atoms with E-state index >= 15 is 0 Å². The molecule has 1 aromatic carbocycles. The Bertz CT molecular complexity index is 969. The molecule has 0 atom stereocenters. The van der Waals surface area contributed by atoms with Crippen LogP contribution in [0.4, 0.5) is 8.78 Å². The van der Waals surface area contributed by atoms with Crippen LogP contribution in [0.2, 0.25) is 0 Å². The number of amidine groups is 1. The van der Waals surface area contributed by atoms with E-state index in [2.05, 4.69) is 15.2 Å². The lowest BCUT2D eigenvalue weighted by Gasteiger charge is -2.35. The number of aliphatic imine (C=N–C) groups is 1. The Hall–Kier alpha value is -2.80. The quantitative estimate of drug-likeness (QED) is 0.854. The Labute approximate surface area is 168 Å². The molecule has 0 unspecified atom stereocenters. The average molecular weight is 396 g/mol. The molecule has 4 heterocycles. The van der Waals surface area contributed by atoms with E-state index in [-0.39, 0.29) is 5.82 Å². The fourth-order valence-corrected chi connectivity index (χ4v) is 4.61. The molecule has 150 valence electrons. The third-order valence-corrected chi connectivity index (χ3v) is 6.13. The molecule has 4 aliphatic rings. The smallest absolute Gasteiger partial charge is 0.251 e. The van der Waals surface area contributed by atoms with Gasteiger partial charge in [0, 0.05) is 30.9 Å². The lowest BCUT2D eigenvalue weighted by atomic mass is 9.89. The molecule has 1 saturated heterocycles. The first-order valence-corrected chi connectivity index (χ1v) is 10.0. The van der Waals surface area contributed by atoms with E-state index < -0.39 is 11.7 Å². The van der Waals surface area contributed by atoms with Crippen LogP contribution in [0.25, 0.3) is 0 Å². The third kappa shape index (κ3) is 3.40. The SMILES string of the molecule is O=C1C=C(F)C2=CN=C(CN3CCC(c4ccc(F)cc4)CC3)N3CCC(=C23)N1. The number of piperidine rings is 1. The number of benzene rings is 1. The minimum atomic E-state index is -0.540. The topological polar surface area (TPSA) is 47.9 Å². The summed E-state index contributed by atoms with van der Waals surface area (Å²) in [6.07, 6.45) is 5.24. The van der Waals surface area contributed by atoms with Crippen molar-refractivity contribution in [3.05, 3.63) is 70.7 Å². The number of carbonyl (C=O) groups excluding carboxylic acids is 1. The lowest BCUT2D eigenvalue weighted by molar-refractivity contribution is -0.115. The highest BCUT2D eigenvalue weighted by molar-refractivity contribution is 5.95. The van der Waals surface area contributed by atoms with E-state index in [1.807, 2.05) is 17.0 Å². The van der Waals surface area contributed by atoms with Crippen LogP contribution >= 0.6 is 0 Å². The Morgan fingerprint density at radius 3 is 2.62 bits per heavy atom. The molecule has 0 spiro atoms. The first-order chi connectivity index (χ1) is 14.1. The van der Waals surface area contributed by atoms with Crippen LogP contribution in [0.3, 0.4) is 0 Å². The van der Waals surface area contributed by atoms with Gasteiger partial charge in [-0.1, -0.05) is 12.1 Å². The summed E-state index contributed by atoms with van der Waals surface area (Å²) in [6, 6.07) is 6.82. The van der Waals surface area contributed by atoms with Gasteiger partial charge in [-0.2, -0.15) is 0 Å². The molecule has 5 nitrogen and oxygen atoms in total. The lowest BCUT2D eigenvalue weighted by Crippen LogP contribution is -2.43. The Morgan fingerprint density at radius 1 is 1.10 bits per heavy atom. The predicted molar refractivity (Wildman–Crippen MR) is 106 cm³/mol. The first kappa shape index (κ1) is 18.2. The molecule has 5 rings (SSSR count). The molecule has 1 amide bonds. The summed E-state index contributed by atoms with van der Waals surface area (Å²) in [7, 11) is 0. The van der Waals surface area contributed by atoms with Gasteiger partial charge in [0.2, 0.25) is 0 Å². The molecule has 1 N–H and O–H groups in total. The van der Waals surface area contributed by atoms with Gasteiger partial charge in [-0.25, -0.2) is 13.8 Å². The predicted octanol–water partition coefficient (Wildman–Crippen LogP) is 3.20. The van der Waals surface area contributed by atoms with E-state index in [1.54, 1.807) is 6.20 Å². The van der Waals surface area contributed by atoms with Crippen molar-refractivity contribution in [3.63, 3.8) is 0 Å². The highest BCUT2D eigenvalue weighted by atomic mass is 19.1. The molecular formula is C22H22F2N4O. The van der Waals surface area contributed by atoms with Crippen molar-refractivity contribution < 1.29 is 13.6 Å². The molecule has 0 radical (unpaired) electrons. The molecule has 0 bridgehead atoms. The minimum absolute atomic E-state index is 0.200. The van der Waals surface area contributed by atoms with E-state index in [9.17, 15) is 13.6 Å². The monoisotopic (exact) mass is 396 g/mol. The maximum atomic E-state index is 14.4. The van der Waals surface area contributed by atoms with Gasteiger partial charge in [-0.3, -0.25) is 9.69 Å². The van der Waals surface area contributed by atoms with Crippen LogP contribution in [0.5, 0.6) is 0 Å². The van der Waals surface area contributed by atoms with Crippen molar-refractivity contribution in [1.82, 2.24) is 15.1 Å². The zero-order chi connectivity index (χ0) is 20.0. The van der Waals surface area contributed by atoms with Crippen LogP contribution < -0.4 is 5.32 Å². The van der Waals surface area contributed by atoms with Crippen molar-refractivity contribution >= 4 is 11.7 Å². The number of rotatable bonds is 3. The van der Waals surface area contributed by atoms with Gasteiger partial charge in [0.25, 0.3) is 5.91 Å². The molecular weight excluding hydrogens is 374 g/mol. The van der Waals surface area contributed by atoms with E-state index in [0.29, 0.717) is 31.0 Å². The highest BCUT2D eigenvalue weighted by Crippen LogP contribution is 2.37. The van der Waals surface area contributed by atoms with Crippen molar-refractivity contribution in [2.45, 2.75) is 25.2 Å². The van der Waals surface area contributed by atoms with Crippen molar-refractivity contribution in [1.29, 1.82) is 0 Å². The van der Waals surface area contributed by atoms with Crippen molar-refractivity contribution in [3.8, 4) is 0 Å². The average Bonchev–Trinajstić information content (AvgIpc) is 3.08. The van der Waals surface area contributed by atoms with Gasteiger partial charge in [-0.15, -0.1) is 0 Å². The number of hydrogen-bond donors (Lipinski definition) is 1. The Balaban J connectivity index is 1.28. The zero-order valence-corrected chi connectivity index (χ0v) is 16.0. The maximum absolute atomic E-state index is 14.4. The van der Waals surface area contributed by atoms with E-state index in [4.69, 9.17) is 0 Å². The van der Waals surface area contributed by atoms with Gasteiger partial charge >= 0.3 is 0 Å². The van der Waals surface area contributed by atoms with Crippen LogP contribution in [0.1, 0.15) is 30.7 Å². The fraction of sp³-hybridized carbons (Fsp3) is 0.364. The minimum Gasteiger partial charge on any atom is -0.326 e. The van der Waals surface area contributed by atoms with Gasteiger partial charge in [-0.05, 0) is 49.5 Å². The number of allylic oxidation sites excluding steroid dienone is 1. The van der Waals surface area contributed by atoms with Crippen LogP contribution in [0.15, 0.2) is 64.3 Å². The zero-order valence-electron chi connectivity index (χ0n) is 16.0. The second kappa shape index (κ2) is 7.22. The molecule has 1 aromatic rings. The van der Waals surface area contributed by atoms with Gasteiger partial charge in [0.15, 0.2) is 0 Å². The normalized spacial score (nSPS) is 22.6. The summed E-state index contributed by atoms with van der Waals surface area (Å²) < 4.78 is 27.5. The largest absolute Gasteiger partial charge is 0.326 e. The number of nitrogens with zero attached hydrogens (tertiary/aromatic N) is 3. The molecule has 29 heavy (non-hydrogen) atoms.